The van der Waals surface area contributed by atoms with Gasteiger partial charge in [-0.15, -0.1) is 0 Å². The van der Waals surface area contributed by atoms with E-state index in [4.69, 9.17) is 10.5 Å². The molecule has 1 saturated carbocycles. The molecule has 0 aliphatic heterocycles. The van der Waals surface area contributed by atoms with Crippen LogP contribution in [0.2, 0.25) is 0 Å². The van der Waals surface area contributed by atoms with E-state index in [-0.39, 0.29) is 5.97 Å². The number of hydrogen-bond donors (Lipinski definition) is 1. The van der Waals surface area contributed by atoms with Gasteiger partial charge in [0.15, 0.2) is 0 Å². The molecule has 0 atom stereocenters. The number of ether oxygens (including phenoxy) is 1. The normalized spacial score (nSPS) is 16.1. The van der Waals surface area contributed by atoms with Gasteiger partial charge in [0.2, 0.25) is 0 Å². The molecular weight excluding hydrogens is 240 g/mol. The lowest BCUT2D eigenvalue weighted by Crippen LogP contribution is -2.33. The van der Waals surface area contributed by atoms with Crippen molar-refractivity contribution in [3.63, 3.8) is 0 Å². The van der Waals surface area contributed by atoms with Gasteiger partial charge in [-0.2, -0.15) is 0 Å². The van der Waals surface area contributed by atoms with Gasteiger partial charge >= 0.3 is 5.97 Å². The number of benzene rings is 1. The van der Waals surface area contributed by atoms with Crippen molar-refractivity contribution in [1.29, 1.82) is 0 Å². The van der Waals surface area contributed by atoms with Gasteiger partial charge in [-0.3, -0.25) is 0 Å². The number of methoxy groups -OCH3 is 1. The summed E-state index contributed by atoms with van der Waals surface area (Å²) in [5.74, 6) is -0.321. The maximum absolute atomic E-state index is 11.6. The summed E-state index contributed by atoms with van der Waals surface area (Å²) in [4.78, 5) is 13.8. The summed E-state index contributed by atoms with van der Waals surface area (Å²) < 4.78 is 4.76. The van der Waals surface area contributed by atoms with Gasteiger partial charge in [-0.1, -0.05) is 19.3 Å². The molecule has 1 aliphatic carbocycles. The molecule has 104 valence electrons. The molecule has 0 amide bonds. The maximum Gasteiger partial charge on any atom is 0.337 e. The van der Waals surface area contributed by atoms with Gasteiger partial charge in [0.1, 0.15) is 0 Å². The highest BCUT2D eigenvalue weighted by Crippen LogP contribution is 2.30. The average molecular weight is 262 g/mol. The van der Waals surface area contributed by atoms with Gasteiger partial charge in [0.05, 0.1) is 24.0 Å². The molecule has 4 heteroatoms. The molecular formula is C15H22N2O2. The molecule has 4 nitrogen and oxygen atoms in total. The van der Waals surface area contributed by atoms with E-state index in [0.29, 0.717) is 17.3 Å². The van der Waals surface area contributed by atoms with Crippen LogP contribution in [0, 0.1) is 0 Å². The fraction of sp³-hybridized carbons (Fsp3) is 0.533. The van der Waals surface area contributed by atoms with E-state index in [1.807, 2.05) is 6.07 Å². The topological polar surface area (TPSA) is 55.6 Å². The molecule has 2 rings (SSSR count). The third kappa shape index (κ3) is 3.00. The number of nitrogens with zero attached hydrogens (tertiary/aromatic N) is 1. The van der Waals surface area contributed by atoms with Crippen LogP contribution in [0.25, 0.3) is 0 Å². The lowest BCUT2D eigenvalue weighted by atomic mass is 9.94. The second-order valence-electron chi connectivity index (χ2n) is 5.17. The summed E-state index contributed by atoms with van der Waals surface area (Å²) in [7, 11) is 3.45. The summed E-state index contributed by atoms with van der Waals surface area (Å²) >= 11 is 0. The van der Waals surface area contributed by atoms with Gasteiger partial charge in [0, 0.05) is 13.1 Å². The van der Waals surface area contributed by atoms with Gasteiger partial charge in [-0.05, 0) is 31.0 Å². The molecule has 0 heterocycles. The van der Waals surface area contributed by atoms with E-state index < -0.39 is 0 Å². The number of hydrogen-bond acceptors (Lipinski definition) is 4. The van der Waals surface area contributed by atoms with Crippen molar-refractivity contribution in [3.8, 4) is 0 Å². The Labute approximate surface area is 114 Å². The summed E-state index contributed by atoms with van der Waals surface area (Å²) in [6, 6.07) is 5.83. The van der Waals surface area contributed by atoms with E-state index in [0.717, 1.165) is 5.69 Å². The van der Waals surface area contributed by atoms with Gasteiger partial charge in [0.25, 0.3) is 0 Å². The van der Waals surface area contributed by atoms with Crippen LogP contribution in [0.3, 0.4) is 0 Å². The molecule has 1 aromatic rings. The minimum absolute atomic E-state index is 0.321. The molecule has 1 fully saturated rings. The third-order valence-electron chi connectivity index (χ3n) is 3.95. The second kappa shape index (κ2) is 5.95. The van der Waals surface area contributed by atoms with Crippen LogP contribution in [-0.2, 0) is 4.74 Å². The van der Waals surface area contributed by atoms with E-state index in [1.165, 1.54) is 39.2 Å². The van der Waals surface area contributed by atoms with E-state index in [2.05, 4.69) is 11.9 Å². The first-order valence-corrected chi connectivity index (χ1v) is 6.84. The quantitative estimate of drug-likeness (QED) is 0.672. The molecule has 0 aromatic heterocycles. The van der Waals surface area contributed by atoms with Crippen molar-refractivity contribution in [2.45, 2.75) is 38.1 Å². The van der Waals surface area contributed by atoms with Crippen molar-refractivity contribution >= 4 is 17.3 Å². The first-order valence-electron chi connectivity index (χ1n) is 6.84. The lowest BCUT2D eigenvalue weighted by molar-refractivity contribution is 0.0601. The minimum Gasteiger partial charge on any atom is -0.465 e. The Balaban J connectivity index is 2.24. The van der Waals surface area contributed by atoms with Crippen LogP contribution < -0.4 is 10.6 Å². The Bertz CT molecular complexity index is 453. The molecule has 0 radical (unpaired) electrons. The Morgan fingerprint density at radius 1 is 1.32 bits per heavy atom. The Hall–Kier alpha value is -1.71. The highest BCUT2D eigenvalue weighted by Gasteiger charge is 2.20. The lowest BCUT2D eigenvalue weighted by Gasteiger charge is -2.33. The number of nitrogen functional groups attached to an aromatic ring is 1. The smallest absolute Gasteiger partial charge is 0.337 e. The summed E-state index contributed by atoms with van der Waals surface area (Å²) in [5.41, 5.74) is 8.23. The predicted molar refractivity (Wildman–Crippen MR) is 77.5 cm³/mol. The monoisotopic (exact) mass is 262 g/mol. The van der Waals surface area contributed by atoms with Crippen LogP contribution in [0.15, 0.2) is 18.2 Å². The number of carbonyl (C=O) groups excluding carboxylic acids is 1. The number of rotatable bonds is 3. The Kier molecular flexibility index (Phi) is 4.30. The number of esters is 1. The van der Waals surface area contributed by atoms with Crippen molar-refractivity contribution in [2.75, 3.05) is 24.8 Å². The molecule has 1 aromatic carbocycles. The Morgan fingerprint density at radius 3 is 2.63 bits per heavy atom. The zero-order valence-corrected chi connectivity index (χ0v) is 11.7. The highest BCUT2D eigenvalue weighted by atomic mass is 16.5. The first kappa shape index (κ1) is 13.7. The molecule has 0 spiro atoms. The van der Waals surface area contributed by atoms with Gasteiger partial charge < -0.3 is 15.4 Å². The minimum atomic E-state index is -0.321. The fourth-order valence-corrected chi connectivity index (χ4v) is 2.76. The van der Waals surface area contributed by atoms with Gasteiger partial charge in [-0.25, -0.2) is 4.79 Å². The largest absolute Gasteiger partial charge is 0.465 e. The Morgan fingerprint density at radius 2 is 2.00 bits per heavy atom. The third-order valence-corrected chi connectivity index (χ3v) is 3.95. The number of nitrogens with two attached hydrogens (primary N) is 1. The summed E-state index contributed by atoms with van der Waals surface area (Å²) in [5, 5.41) is 0. The van der Waals surface area contributed by atoms with Crippen molar-refractivity contribution in [1.82, 2.24) is 0 Å². The SMILES string of the molecule is COC(=O)c1ccc(N)c(N(C)C2CCCCC2)c1. The molecule has 1 aliphatic rings. The summed E-state index contributed by atoms with van der Waals surface area (Å²) in [6.07, 6.45) is 6.25. The highest BCUT2D eigenvalue weighted by molar-refractivity contribution is 5.92. The van der Waals surface area contributed by atoms with Crippen LogP contribution in [-0.4, -0.2) is 26.2 Å². The fourth-order valence-electron chi connectivity index (χ4n) is 2.76. The van der Waals surface area contributed by atoms with Crippen LogP contribution in [0.5, 0.6) is 0 Å². The number of anilines is 2. The van der Waals surface area contributed by atoms with Crippen molar-refractivity contribution in [3.05, 3.63) is 23.8 Å². The van der Waals surface area contributed by atoms with Crippen molar-refractivity contribution in [2.24, 2.45) is 0 Å². The predicted octanol–water partition coefficient (Wildman–Crippen LogP) is 2.82. The first-order chi connectivity index (χ1) is 9.13. The summed E-state index contributed by atoms with van der Waals surface area (Å²) in [6.45, 7) is 0. The molecule has 0 bridgehead atoms. The van der Waals surface area contributed by atoms with Crippen LogP contribution in [0.4, 0.5) is 11.4 Å². The molecule has 0 unspecified atom stereocenters. The maximum atomic E-state index is 11.6. The molecule has 0 saturated heterocycles. The zero-order chi connectivity index (χ0) is 13.8. The standard InChI is InChI=1S/C15H22N2O2/c1-17(12-6-4-3-5-7-12)14-10-11(15(18)19-2)8-9-13(14)16/h8-10,12H,3-7,16H2,1-2H3. The average Bonchev–Trinajstić information content (AvgIpc) is 2.47. The van der Waals surface area contributed by atoms with Crippen LogP contribution in [0.1, 0.15) is 42.5 Å². The second-order valence-corrected chi connectivity index (χ2v) is 5.17. The van der Waals surface area contributed by atoms with E-state index >= 15 is 0 Å². The zero-order valence-electron chi connectivity index (χ0n) is 11.7. The molecule has 19 heavy (non-hydrogen) atoms. The van der Waals surface area contributed by atoms with E-state index in [1.54, 1.807) is 12.1 Å². The van der Waals surface area contributed by atoms with Crippen molar-refractivity contribution < 1.29 is 9.53 Å². The molecule has 2 N–H and O–H groups in total. The van der Waals surface area contributed by atoms with Crippen LogP contribution >= 0.6 is 0 Å². The van der Waals surface area contributed by atoms with E-state index in [9.17, 15) is 4.79 Å². The number of carbonyl (C=O) groups is 1.